The molecule has 2 aromatic rings. The van der Waals surface area contributed by atoms with Gasteiger partial charge in [0.25, 0.3) is 0 Å². The monoisotopic (exact) mass is 406 g/mol. The molecule has 0 aliphatic heterocycles. The van der Waals surface area contributed by atoms with Crippen LogP contribution in [0.5, 0.6) is 11.5 Å². The minimum absolute atomic E-state index is 0.0502. The lowest BCUT2D eigenvalue weighted by Crippen LogP contribution is -2.20. The number of benzene rings is 2. The van der Waals surface area contributed by atoms with Crippen LogP contribution < -0.4 is 9.47 Å². The highest BCUT2D eigenvalue weighted by atomic mass is 32.2. The van der Waals surface area contributed by atoms with Gasteiger partial charge in [0.05, 0.1) is 0 Å². The maximum absolute atomic E-state index is 13.8. The van der Waals surface area contributed by atoms with Gasteiger partial charge >= 0.3 is 16.1 Å². The molecule has 0 fully saturated rings. The first kappa shape index (κ1) is 20.4. The molecule has 0 bridgehead atoms. The van der Waals surface area contributed by atoms with Gasteiger partial charge in [0.1, 0.15) is 5.75 Å². The second kappa shape index (κ2) is 7.76. The highest BCUT2D eigenvalue weighted by Gasteiger charge is 2.33. The predicted molar refractivity (Wildman–Crippen MR) is 83.8 cm³/mol. The van der Waals surface area contributed by atoms with Crippen molar-refractivity contribution in [3.05, 3.63) is 59.7 Å². The topological polar surface area (TPSA) is 89.9 Å². The van der Waals surface area contributed by atoms with E-state index in [9.17, 15) is 30.8 Å². The molecule has 0 aliphatic carbocycles. The highest BCUT2D eigenvalue weighted by Crippen LogP contribution is 2.32. The zero-order valence-corrected chi connectivity index (χ0v) is 14.0. The SMILES string of the molecule is C=Cc1ccc(OC(=O)COc2c(F)c(F)c(S(=O)(=O)O)c(F)c2F)cc1. The number of ether oxygens (including phenoxy) is 2. The highest BCUT2D eigenvalue weighted by molar-refractivity contribution is 7.85. The average Bonchev–Trinajstić information content (AvgIpc) is 2.59. The lowest BCUT2D eigenvalue weighted by Gasteiger charge is -2.11. The smallest absolute Gasteiger partial charge is 0.349 e. The molecule has 2 aromatic carbocycles. The van der Waals surface area contributed by atoms with Gasteiger partial charge in [-0.15, -0.1) is 0 Å². The van der Waals surface area contributed by atoms with Gasteiger partial charge in [-0.1, -0.05) is 24.8 Å². The molecule has 1 N–H and O–H groups in total. The molecule has 11 heteroatoms. The zero-order valence-electron chi connectivity index (χ0n) is 13.2. The fraction of sp³-hybridized carbons (Fsp3) is 0.0625. The summed E-state index contributed by atoms with van der Waals surface area (Å²) in [4.78, 5) is 9.41. The van der Waals surface area contributed by atoms with Crippen LogP contribution in [0.3, 0.4) is 0 Å². The number of esters is 1. The first-order valence-electron chi connectivity index (χ1n) is 6.95. The summed E-state index contributed by atoms with van der Waals surface area (Å²) in [6.07, 6.45) is 1.53. The van der Waals surface area contributed by atoms with Gasteiger partial charge in [-0.2, -0.15) is 17.2 Å². The van der Waals surface area contributed by atoms with Crippen molar-refractivity contribution in [2.45, 2.75) is 4.90 Å². The van der Waals surface area contributed by atoms with Gasteiger partial charge in [-0.05, 0) is 17.7 Å². The molecule has 6 nitrogen and oxygen atoms in total. The molecule has 2 rings (SSSR count). The average molecular weight is 406 g/mol. The van der Waals surface area contributed by atoms with Crippen molar-refractivity contribution in [1.82, 2.24) is 0 Å². The van der Waals surface area contributed by atoms with Crippen LogP contribution in [0.25, 0.3) is 6.08 Å². The van der Waals surface area contributed by atoms with E-state index >= 15 is 0 Å². The van der Waals surface area contributed by atoms with E-state index in [1.54, 1.807) is 12.1 Å². The molecule has 27 heavy (non-hydrogen) atoms. The third-order valence-corrected chi connectivity index (χ3v) is 4.00. The quantitative estimate of drug-likeness (QED) is 0.261. The minimum atomic E-state index is -5.59. The van der Waals surface area contributed by atoms with Crippen LogP contribution in [-0.4, -0.2) is 25.5 Å². The number of hydrogen-bond acceptors (Lipinski definition) is 5. The van der Waals surface area contributed by atoms with E-state index in [1.807, 2.05) is 0 Å². The lowest BCUT2D eigenvalue weighted by atomic mass is 10.2. The molecule has 144 valence electrons. The standard InChI is InChI=1S/C16H10F4O6S/c1-2-8-3-5-9(6-4-8)26-10(21)7-25-15-11(17)13(19)16(27(22,23)24)14(20)12(15)18/h2-6H,1,7H2,(H,22,23,24). The van der Waals surface area contributed by atoms with Gasteiger partial charge in [0.2, 0.25) is 11.6 Å². The Morgan fingerprint density at radius 2 is 1.56 bits per heavy atom. The van der Waals surface area contributed by atoms with Gasteiger partial charge < -0.3 is 9.47 Å². The van der Waals surface area contributed by atoms with Crippen molar-refractivity contribution in [3.63, 3.8) is 0 Å². The Kier molecular flexibility index (Phi) is 5.86. The van der Waals surface area contributed by atoms with E-state index in [2.05, 4.69) is 11.3 Å². The number of halogens is 4. The summed E-state index contributed by atoms with van der Waals surface area (Å²) in [7, 11) is -5.59. The predicted octanol–water partition coefficient (Wildman–Crippen LogP) is 3.12. The van der Waals surface area contributed by atoms with E-state index in [0.29, 0.717) is 0 Å². The fourth-order valence-corrected chi connectivity index (χ4v) is 2.54. The Hall–Kier alpha value is -2.92. The zero-order chi connectivity index (χ0) is 20.4. The molecule has 0 aromatic heterocycles. The minimum Gasteiger partial charge on any atom is -0.476 e. The Morgan fingerprint density at radius 3 is 2.00 bits per heavy atom. The van der Waals surface area contributed by atoms with Crippen LogP contribution in [0.15, 0.2) is 35.7 Å². The van der Waals surface area contributed by atoms with Crippen molar-refractivity contribution in [2.24, 2.45) is 0 Å². The second-order valence-corrected chi connectivity index (χ2v) is 6.28. The summed E-state index contributed by atoms with van der Waals surface area (Å²) in [6.45, 7) is 2.37. The second-order valence-electron chi connectivity index (χ2n) is 4.93. The summed E-state index contributed by atoms with van der Waals surface area (Å²) in [5, 5.41) is 0. The third kappa shape index (κ3) is 4.44. The summed E-state index contributed by atoms with van der Waals surface area (Å²) < 4.78 is 94.2. The third-order valence-electron chi connectivity index (χ3n) is 3.12. The van der Waals surface area contributed by atoms with Gasteiger partial charge in [-0.3, -0.25) is 4.55 Å². The first-order chi connectivity index (χ1) is 12.6. The van der Waals surface area contributed by atoms with Crippen molar-refractivity contribution in [1.29, 1.82) is 0 Å². The lowest BCUT2D eigenvalue weighted by molar-refractivity contribution is -0.136. The van der Waals surface area contributed by atoms with Crippen molar-refractivity contribution in [3.8, 4) is 11.5 Å². The number of hydrogen-bond donors (Lipinski definition) is 1. The van der Waals surface area contributed by atoms with Crippen LogP contribution in [0.4, 0.5) is 17.6 Å². The normalized spacial score (nSPS) is 11.1. The fourth-order valence-electron chi connectivity index (χ4n) is 1.91. The molecular formula is C16H10F4O6S. The van der Waals surface area contributed by atoms with Gasteiger partial charge in [0, 0.05) is 0 Å². The van der Waals surface area contributed by atoms with Crippen LogP contribution in [0.1, 0.15) is 5.56 Å². The van der Waals surface area contributed by atoms with Gasteiger partial charge in [0.15, 0.2) is 28.9 Å². The largest absolute Gasteiger partial charge is 0.476 e. The molecule has 0 aliphatic rings. The molecular weight excluding hydrogens is 396 g/mol. The summed E-state index contributed by atoms with van der Waals surface area (Å²) in [6, 6.07) is 5.87. The van der Waals surface area contributed by atoms with Gasteiger partial charge in [-0.25, -0.2) is 13.6 Å². The molecule has 0 saturated heterocycles. The molecule has 0 saturated carbocycles. The van der Waals surface area contributed by atoms with Crippen LogP contribution in [0, 0.1) is 23.3 Å². The van der Waals surface area contributed by atoms with E-state index in [1.165, 1.54) is 18.2 Å². The van der Waals surface area contributed by atoms with Crippen molar-refractivity contribution < 1.29 is 44.8 Å². The molecule has 0 atom stereocenters. The molecule has 0 heterocycles. The maximum Gasteiger partial charge on any atom is 0.349 e. The Labute approximate surface area is 150 Å². The summed E-state index contributed by atoms with van der Waals surface area (Å²) in [5.41, 5.74) is 0.722. The molecule has 0 radical (unpaired) electrons. The Bertz CT molecular complexity index is 974. The van der Waals surface area contributed by atoms with E-state index < -0.39 is 56.6 Å². The number of carbonyl (C=O) groups is 1. The number of rotatable bonds is 6. The first-order valence-corrected chi connectivity index (χ1v) is 8.39. The molecule has 0 amide bonds. The van der Waals surface area contributed by atoms with E-state index in [4.69, 9.17) is 9.29 Å². The van der Waals surface area contributed by atoms with Crippen LogP contribution in [0.2, 0.25) is 0 Å². The number of carbonyl (C=O) groups excluding carboxylic acids is 1. The van der Waals surface area contributed by atoms with E-state index in [0.717, 1.165) is 5.56 Å². The Balaban J connectivity index is 2.20. The van der Waals surface area contributed by atoms with Crippen molar-refractivity contribution >= 4 is 22.2 Å². The summed E-state index contributed by atoms with van der Waals surface area (Å²) in [5.74, 6) is -12.1. The summed E-state index contributed by atoms with van der Waals surface area (Å²) >= 11 is 0. The van der Waals surface area contributed by atoms with E-state index in [-0.39, 0.29) is 5.75 Å². The molecule has 0 unspecified atom stereocenters. The molecule has 0 spiro atoms. The van der Waals surface area contributed by atoms with Crippen LogP contribution >= 0.6 is 0 Å². The maximum atomic E-state index is 13.8. The van der Waals surface area contributed by atoms with Crippen molar-refractivity contribution in [2.75, 3.05) is 6.61 Å². The van der Waals surface area contributed by atoms with Crippen LogP contribution in [-0.2, 0) is 14.9 Å². The Morgan fingerprint density at radius 1 is 1.04 bits per heavy atom.